The maximum atomic E-state index is 12.6. The van der Waals surface area contributed by atoms with Crippen LogP contribution < -0.4 is 11.5 Å². The fraction of sp³-hybridized carbons (Fsp3) is 0.261. The Morgan fingerprint density at radius 2 is 1.86 bits per heavy atom. The summed E-state index contributed by atoms with van der Waals surface area (Å²) < 4.78 is 0. The molecule has 0 aliphatic carbocycles. The van der Waals surface area contributed by atoms with E-state index in [1.165, 1.54) is 18.4 Å². The van der Waals surface area contributed by atoms with Crippen LogP contribution in [0.25, 0.3) is 22.2 Å². The second-order valence-electron chi connectivity index (χ2n) is 7.21. The van der Waals surface area contributed by atoms with Crippen molar-refractivity contribution in [3.63, 3.8) is 0 Å². The molecule has 1 aromatic heterocycles. The number of rotatable bonds is 6. The van der Waals surface area contributed by atoms with Crippen molar-refractivity contribution < 1.29 is 4.79 Å². The number of fused-ring (bicyclic) bond motifs is 1. The van der Waals surface area contributed by atoms with Gasteiger partial charge in [-0.25, -0.2) is 4.98 Å². The summed E-state index contributed by atoms with van der Waals surface area (Å²) in [4.78, 5) is 21.2. The highest BCUT2D eigenvalue weighted by Crippen LogP contribution is 2.27. The molecule has 0 spiro atoms. The summed E-state index contributed by atoms with van der Waals surface area (Å²) in [5.41, 5.74) is 14.9. The number of carbonyl (C=O) groups is 1. The Bertz CT molecular complexity index is 1010. The van der Waals surface area contributed by atoms with Gasteiger partial charge in [-0.15, -0.1) is 0 Å². The van der Waals surface area contributed by atoms with E-state index in [0.717, 1.165) is 28.6 Å². The molecule has 5 heteroatoms. The van der Waals surface area contributed by atoms with E-state index in [4.69, 9.17) is 16.5 Å². The monoisotopic (exact) mass is 374 g/mol. The summed E-state index contributed by atoms with van der Waals surface area (Å²) in [6.45, 7) is 4.46. The van der Waals surface area contributed by atoms with E-state index in [1.807, 2.05) is 36.4 Å². The van der Waals surface area contributed by atoms with Crippen LogP contribution in [0.15, 0.2) is 59.6 Å². The van der Waals surface area contributed by atoms with Crippen molar-refractivity contribution in [3.05, 3.63) is 65.7 Å². The third kappa shape index (κ3) is 4.55. The maximum absolute atomic E-state index is 12.6. The fourth-order valence-electron chi connectivity index (χ4n) is 3.51. The minimum absolute atomic E-state index is 0.249. The number of hydrogen-bond acceptors (Lipinski definition) is 2. The van der Waals surface area contributed by atoms with Crippen LogP contribution in [-0.2, 0) is 6.42 Å². The normalized spacial score (nSPS) is 11.9. The highest BCUT2D eigenvalue weighted by atomic mass is 16.1. The van der Waals surface area contributed by atoms with Crippen molar-refractivity contribution in [2.45, 2.75) is 33.1 Å². The van der Waals surface area contributed by atoms with Gasteiger partial charge in [-0.2, -0.15) is 4.99 Å². The number of aromatic nitrogens is 1. The summed E-state index contributed by atoms with van der Waals surface area (Å²) in [7, 11) is 0. The van der Waals surface area contributed by atoms with Crippen molar-refractivity contribution in [1.29, 1.82) is 0 Å². The molecule has 1 amide bonds. The van der Waals surface area contributed by atoms with E-state index in [-0.39, 0.29) is 5.96 Å². The van der Waals surface area contributed by atoms with Gasteiger partial charge in [0.15, 0.2) is 5.96 Å². The molecule has 3 rings (SSSR count). The molecular formula is C23H26N4O. The highest BCUT2D eigenvalue weighted by molar-refractivity contribution is 6.10. The van der Waals surface area contributed by atoms with Crippen molar-refractivity contribution in [1.82, 2.24) is 4.98 Å². The Balaban J connectivity index is 2.14. The largest absolute Gasteiger partial charge is 0.370 e. The SMILES string of the molecule is CCCC(C)Cc1ccc2c(C(=O)N=C(N)N)cc(-c3ccccc3)nc2c1. The molecule has 0 saturated heterocycles. The second kappa shape index (κ2) is 8.65. The first-order valence-electron chi connectivity index (χ1n) is 9.61. The highest BCUT2D eigenvalue weighted by Gasteiger charge is 2.15. The Kier molecular flexibility index (Phi) is 6.04. The molecule has 0 saturated carbocycles. The van der Waals surface area contributed by atoms with Crippen molar-refractivity contribution in [2.24, 2.45) is 22.4 Å². The lowest BCUT2D eigenvalue weighted by atomic mass is 9.95. The lowest BCUT2D eigenvalue weighted by Gasteiger charge is -2.12. The summed E-state index contributed by atoms with van der Waals surface area (Å²) in [5, 5.41) is 0.751. The second-order valence-corrected chi connectivity index (χ2v) is 7.21. The Morgan fingerprint density at radius 1 is 1.11 bits per heavy atom. The summed E-state index contributed by atoms with van der Waals surface area (Å²) in [6.07, 6.45) is 3.34. The van der Waals surface area contributed by atoms with Crippen LogP contribution in [0.2, 0.25) is 0 Å². The van der Waals surface area contributed by atoms with Crippen molar-refractivity contribution in [2.75, 3.05) is 0 Å². The Labute approximate surface area is 165 Å². The van der Waals surface area contributed by atoms with E-state index in [2.05, 4.69) is 31.0 Å². The number of nitrogens with zero attached hydrogens (tertiary/aromatic N) is 2. The van der Waals surface area contributed by atoms with Gasteiger partial charge in [-0.3, -0.25) is 4.79 Å². The first-order chi connectivity index (χ1) is 13.5. The van der Waals surface area contributed by atoms with Crippen LogP contribution in [0.4, 0.5) is 0 Å². The van der Waals surface area contributed by atoms with E-state index in [0.29, 0.717) is 11.5 Å². The molecule has 0 aliphatic rings. The topological polar surface area (TPSA) is 94.4 Å². The molecule has 28 heavy (non-hydrogen) atoms. The molecule has 1 unspecified atom stereocenters. The first kappa shape index (κ1) is 19.5. The standard InChI is InChI=1S/C23H26N4O/c1-3-7-15(2)12-16-10-11-18-19(22(28)27-23(24)25)14-20(26-21(18)13-16)17-8-5-4-6-9-17/h4-6,8-11,13-15H,3,7,12H2,1-2H3,(H4,24,25,27,28). The predicted molar refractivity (Wildman–Crippen MR) is 115 cm³/mol. The van der Waals surface area contributed by atoms with E-state index in [1.54, 1.807) is 6.07 Å². The molecular weight excluding hydrogens is 348 g/mol. The molecule has 144 valence electrons. The number of amides is 1. The molecule has 0 fully saturated rings. The average molecular weight is 374 g/mol. The van der Waals surface area contributed by atoms with Crippen LogP contribution in [0.1, 0.15) is 42.6 Å². The lowest BCUT2D eigenvalue weighted by molar-refractivity contribution is 0.100. The van der Waals surface area contributed by atoms with Crippen LogP contribution in [0, 0.1) is 5.92 Å². The number of pyridine rings is 1. The molecule has 4 N–H and O–H groups in total. The van der Waals surface area contributed by atoms with Crippen LogP contribution >= 0.6 is 0 Å². The number of carbonyl (C=O) groups excluding carboxylic acids is 1. The molecule has 2 aromatic carbocycles. The molecule has 0 radical (unpaired) electrons. The first-order valence-corrected chi connectivity index (χ1v) is 9.61. The Morgan fingerprint density at radius 3 is 2.54 bits per heavy atom. The molecule has 1 atom stereocenters. The maximum Gasteiger partial charge on any atom is 0.280 e. The number of benzene rings is 2. The van der Waals surface area contributed by atoms with Gasteiger partial charge in [0.1, 0.15) is 0 Å². The van der Waals surface area contributed by atoms with Crippen molar-refractivity contribution in [3.8, 4) is 11.3 Å². The zero-order chi connectivity index (χ0) is 20.1. The van der Waals surface area contributed by atoms with Gasteiger partial charge in [-0.05, 0) is 30.0 Å². The zero-order valence-corrected chi connectivity index (χ0v) is 16.4. The van der Waals surface area contributed by atoms with Crippen LogP contribution in [0.3, 0.4) is 0 Å². The van der Waals surface area contributed by atoms with E-state index >= 15 is 0 Å². The van der Waals surface area contributed by atoms with E-state index < -0.39 is 5.91 Å². The van der Waals surface area contributed by atoms with Gasteiger partial charge in [0.2, 0.25) is 0 Å². The number of guanidine groups is 1. The summed E-state index contributed by atoms with van der Waals surface area (Å²) in [6, 6.07) is 17.6. The smallest absolute Gasteiger partial charge is 0.280 e. The van der Waals surface area contributed by atoms with Gasteiger partial charge in [-0.1, -0.05) is 69.2 Å². The average Bonchev–Trinajstić information content (AvgIpc) is 2.67. The number of nitrogens with two attached hydrogens (primary N) is 2. The quantitative estimate of drug-likeness (QED) is 0.497. The van der Waals surface area contributed by atoms with Gasteiger partial charge >= 0.3 is 0 Å². The zero-order valence-electron chi connectivity index (χ0n) is 16.4. The summed E-state index contributed by atoms with van der Waals surface area (Å²) >= 11 is 0. The Hall–Kier alpha value is -3.21. The molecule has 0 bridgehead atoms. The fourth-order valence-corrected chi connectivity index (χ4v) is 3.51. The number of hydrogen-bond donors (Lipinski definition) is 2. The summed E-state index contributed by atoms with van der Waals surface area (Å²) in [5.74, 6) is -0.111. The van der Waals surface area contributed by atoms with Gasteiger partial charge < -0.3 is 11.5 Å². The van der Waals surface area contributed by atoms with Gasteiger partial charge in [0.05, 0.1) is 16.8 Å². The number of aliphatic imine (C=N–C) groups is 1. The minimum atomic E-state index is -0.461. The molecule has 5 nitrogen and oxygen atoms in total. The third-order valence-electron chi connectivity index (χ3n) is 4.77. The minimum Gasteiger partial charge on any atom is -0.370 e. The van der Waals surface area contributed by atoms with Crippen LogP contribution in [0.5, 0.6) is 0 Å². The molecule has 3 aromatic rings. The lowest BCUT2D eigenvalue weighted by Crippen LogP contribution is -2.24. The third-order valence-corrected chi connectivity index (χ3v) is 4.77. The van der Waals surface area contributed by atoms with Gasteiger partial charge in [0, 0.05) is 10.9 Å². The van der Waals surface area contributed by atoms with Crippen LogP contribution in [-0.4, -0.2) is 16.9 Å². The van der Waals surface area contributed by atoms with Crippen molar-refractivity contribution >= 4 is 22.8 Å². The van der Waals surface area contributed by atoms with E-state index in [9.17, 15) is 4.79 Å². The molecule has 0 aliphatic heterocycles. The predicted octanol–water partition coefficient (Wildman–Crippen LogP) is 4.29. The molecule has 1 heterocycles. The van der Waals surface area contributed by atoms with Gasteiger partial charge in [0.25, 0.3) is 5.91 Å².